The number of esters is 1. The van der Waals surface area contributed by atoms with Crippen LogP contribution in [0.5, 0.6) is 5.75 Å². The van der Waals surface area contributed by atoms with Gasteiger partial charge in [-0.2, -0.15) is 0 Å². The topological polar surface area (TPSA) is 113 Å². The summed E-state index contributed by atoms with van der Waals surface area (Å²) in [6, 6.07) is 11.7. The average molecular weight is 314 g/mol. The molecule has 0 unspecified atom stereocenters. The third kappa shape index (κ3) is 4.21. The molecule has 0 fully saturated rings. The maximum Gasteiger partial charge on any atom is 0.336 e. The summed E-state index contributed by atoms with van der Waals surface area (Å²) < 4.78 is 4.87. The number of hydrogen-bond acceptors (Lipinski definition) is 6. The van der Waals surface area contributed by atoms with Crippen molar-refractivity contribution < 1.29 is 19.4 Å². The molecule has 0 aliphatic carbocycles. The molecule has 0 saturated carbocycles. The van der Waals surface area contributed by atoms with E-state index in [1.165, 1.54) is 6.08 Å². The Bertz CT molecular complexity index is 786. The summed E-state index contributed by atoms with van der Waals surface area (Å²) >= 11 is 0. The van der Waals surface area contributed by atoms with E-state index < -0.39 is 27.2 Å². The van der Waals surface area contributed by atoms with Gasteiger partial charge >= 0.3 is 11.7 Å². The fraction of sp³-hybridized carbons (Fsp3) is 0. The Morgan fingerprint density at radius 1 is 1.00 bits per heavy atom. The largest absolute Gasteiger partial charge is 0.416 e. The first-order valence-corrected chi connectivity index (χ1v) is 6.35. The Morgan fingerprint density at radius 3 is 2.30 bits per heavy atom. The molecule has 0 spiro atoms. The maximum absolute atomic E-state index is 11.7. The molecule has 8 nitrogen and oxygen atoms in total. The van der Waals surface area contributed by atoms with Crippen molar-refractivity contribution in [2.24, 2.45) is 0 Å². The van der Waals surface area contributed by atoms with Crippen molar-refractivity contribution in [1.29, 1.82) is 0 Å². The van der Waals surface area contributed by atoms with E-state index in [4.69, 9.17) is 4.74 Å². The van der Waals surface area contributed by atoms with Crippen LogP contribution in [0.25, 0.3) is 6.08 Å². The van der Waals surface area contributed by atoms with Gasteiger partial charge in [-0.05, 0) is 17.7 Å². The molecule has 0 bridgehead atoms. The van der Waals surface area contributed by atoms with E-state index in [2.05, 4.69) is 0 Å². The summed E-state index contributed by atoms with van der Waals surface area (Å²) in [4.78, 5) is 31.7. The molecule has 2 aromatic rings. The van der Waals surface area contributed by atoms with Gasteiger partial charge in [0.25, 0.3) is 5.69 Å². The van der Waals surface area contributed by atoms with Gasteiger partial charge in [0.2, 0.25) is 5.75 Å². The number of hydrogen-bond donors (Lipinski definition) is 0. The zero-order chi connectivity index (χ0) is 16.8. The summed E-state index contributed by atoms with van der Waals surface area (Å²) in [7, 11) is 0. The molecule has 0 radical (unpaired) electrons. The van der Waals surface area contributed by atoms with Crippen molar-refractivity contribution >= 4 is 23.4 Å². The molecule has 116 valence electrons. The number of nitro groups is 2. The lowest BCUT2D eigenvalue weighted by atomic mass is 10.2. The summed E-state index contributed by atoms with van der Waals surface area (Å²) in [5, 5.41) is 21.6. The number of benzene rings is 2. The second kappa shape index (κ2) is 6.94. The maximum atomic E-state index is 11.7. The quantitative estimate of drug-likeness (QED) is 0.275. The predicted octanol–water partition coefficient (Wildman–Crippen LogP) is 3.12. The van der Waals surface area contributed by atoms with Crippen LogP contribution in [0.1, 0.15) is 5.56 Å². The van der Waals surface area contributed by atoms with Gasteiger partial charge in [0, 0.05) is 12.1 Å². The number of nitro benzene ring substituents is 2. The SMILES string of the molecule is O=C(/C=C/c1ccccc1)Oc1ccc([N+](=O)[O-])cc1[N+](=O)[O-]. The molecule has 2 rings (SSSR count). The summed E-state index contributed by atoms with van der Waals surface area (Å²) in [6.45, 7) is 0. The Kier molecular flexibility index (Phi) is 4.78. The van der Waals surface area contributed by atoms with Crippen LogP contribution >= 0.6 is 0 Å². The van der Waals surface area contributed by atoms with Crippen LogP contribution in [0, 0.1) is 20.2 Å². The van der Waals surface area contributed by atoms with E-state index in [1.807, 2.05) is 6.07 Å². The highest BCUT2D eigenvalue weighted by Crippen LogP contribution is 2.31. The lowest BCUT2D eigenvalue weighted by Gasteiger charge is -2.02. The highest BCUT2D eigenvalue weighted by atomic mass is 16.6. The first kappa shape index (κ1) is 15.8. The van der Waals surface area contributed by atoms with Crippen molar-refractivity contribution in [2.75, 3.05) is 0 Å². The Morgan fingerprint density at radius 2 is 1.70 bits per heavy atom. The number of rotatable bonds is 5. The van der Waals surface area contributed by atoms with Crippen molar-refractivity contribution in [3.63, 3.8) is 0 Å². The minimum Gasteiger partial charge on any atom is -0.416 e. The second-order valence-electron chi connectivity index (χ2n) is 4.33. The Labute approximate surface area is 129 Å². The highest BCUT2D eigenvalue weighted by molar-refractivity contribution is 5.89. The zero-order valence-electron chi connectivity index (χ0n) is 11.6. The van der Waals surface area contributed by atoms with E-state index in [0.717, 1.165) is 29.8 Å². The van der Waals surface area contributed by atoms with Crippen LogP contribution in [0.2, 0.25) is 0 Å². The van der Waals surface area contributed by atoms with Crippen LogP contribution < -0.4 is 4.74 Å². The Hall–Kier alpha value is -3.55. The minimum absolute atomic E-state index is 0.358. The van der Waals surface area contributed by atoms with Crippen LogP contribution in [0.15, 0.2) is 54.6 Å². The fourth-order valence-corrected chi connectivity index (χ4v) is 1.72. The number of carbonyl (C=O) groups is 1. The number of carbonyl (C=O) groups excluding carboxylic acids is 1. The van der Waals surface area contributed by atoms with E-state index in [9.17, 15) is 25.0 Å². The van der Waals surface area contributed by atoms with Gasteiger partial charge in [-0.3, -0.25) is 20.2 Å². The van der Waals surface area contributed by atoms with Crippen molar-refractivity contribution in [3.8, 4) is 5.75 Å². The molecule has 0 saturated heterocycles. The lowest BCUT2D eigenvalue weighted by Crippen LogP contribution is -2.06. The van der Waals surface area contributed by atoms with Gasteiger partial charge < -0.3 is 4.74 Å². The monoisotopic (exact) mass is 314 g/mol. The van der Waals surface area contributed by atoms with E-state index in [1.54, 1.807) is 24.3 Å². The third-order valence-electron chi connectivity index (χ3n) is 2.77. The molecular formula is C15H10N2O6. The average Bonchev–Trinajstić information content (AvgIpc) is 2.54. The first-order valence-electron chi connectivity index (χ1n) is 6.35. The standard InChI is InChI=1S/C15H10N2O6/c18-15(9-6-11-4-2-1-3-5-11)23-14-8-7-12(16(19)20)10-13(14)17(21)22/h1-10H/b9-6+. The van der Waals surface area contributed by atoms with Gasteiger partial charge in [-0.1, -0.05) is 30.3 Å². The van der Waals surface area contributed by atoms with Gasteiger partial charge in [0.05, 0.1) is 15.9 Å². The molecule has 0 aliphatic heterocycles. The summed E-state index contributed by atoms with van der Waals surface area (Å²) in [5.74, 6) is -1.19. The van der Waals surface area contributed by atoms with E-state index >= 15 is 0 Å². The third-order valence-corrected chi connectivity index (χ3v) is 2.77. The molecule has 0 atom stereocenters. The van der Waals surface area contributed by atoms with Crippen molar-refractivity contribution in [2.45, 2.75) is 0 Å². The molecule has 2 aromatic carbocycles. The minimum atomic E-state index is -0.851. The number of non-ortho nitro benzene ring substituents is 1. The zero-order valence-corrected chi connectivity index (χ0v) is 11.6. The van der Waals surface area contributed by atoms with Gasteiger partial charge in [0.15, 0.2) is 0 Å². The predicted molar refractivity (Wildman–Crippen MR) is 80.9 cm³/mol. The molecule has 0 amide bonds. The van der Waals surface area contributed by atoms with Crippen molar-refractivity contribution in [3.05, 3.63) is 80.4 Å². The highest BCUT2D eigenvalue weighted by Gasteiger charge is 2.21. The van der Waals surface area contributed by atoms with Crippen LogP contribution in [0.3, 0.4) is 0 Å². The first-order chi connectivity index (χ1) is 11.0. The molecule has 0 aliphatic rings. The summed E-state index contributed by atoms with van der Waals surface area (Å²) in [5.41, 5.74) is -0.361. The summed E-state index contributed by atoms with van der Waals surface area (Å²) in [6.07, 6.45) is 2.60. The lowest BCUT2D eigenvalue weighted by molar-refractivity contribution is -0.394. The van der Waals surface area contributed by atoms with Crippen LogP contribution in [0.4, 0.5) is 11.4 Å². The molecule has 0 aromatic heterocycles. The number of nitrogens with zero attached hydrogens (tertiary/aromatic N) is 2. The Balaban J connectivity index is 2.19. The normalized spacial score (nSPS) is 10.4. The molecule has 8 heteroatoms. The fourth-order valence-electron chi connectivity index (χ4n) is 1.72. The molecule has 0 N–H and O–H groups in total. The van der Waals surface area contributed by atoms with Crippen molar-refractivity contribution in [1.82, 2.24) is 0 Å². The second-order valence-corrected chi connectivity index (χ2v) is 4.33. The molecule has 0 heterocycles. The van der Waals surface area contributed by atoms with E-state index in [0.29, 0.717) is 0 Å². The van der Waals surface area contributed by atoms with Gasteiger partial charge in [-0.15, -0.1) is 0 Å². The van der Waals surface area contributed by atoms with E-state index in [-0.39, 0.29) is 5.75 Å². The smallest absolute Gasteiger partial charge is 0.336 e. The van der Waals surface area contributed by atoms with Crippen LogP contribution in [-0.4, -0.2) is 15.8 Å². The number of ether oxygens (including phenoxy) is 1. The van der Waals surface area contributed by atoms with Gasteiger partial charge in [0.1, 0.15) is 0 Å². The van der Waals surface area contributed by atoms with Crippen LogP contribution in [-0.2, 0) is 4.79 Å². The van der Waals surface area contributed by atoms with Gasteiger partial charge in [-0.25, -0.2) is 4.79 Å². The molecular weight excluding hydrogens is 304 g/mol. The molecule has 23 heavy (non-hydrogen) atoms.